The van der Waals surface area contributed by atoms with Gasteiger partial charge in [-0.3, -0.25) is 4.79 Å². The van der Waals surface area contributed by atoms with Crippen LogP contribution in [0.4, 0.5) is 0 Å². The van der Waals surface area contributed by atoms with Gasteiger partial charge in [0, 0.05) is 17.4 Å². The smallest absolute Gasteiger partial charge is 0.251 e. The van der Waals surface area contributed by atoms with Gasteiger partial charge >= 0.3 is 0 Å². The minimum Gasteiger partial charge on any atom is -0.372 e. The van der Waals surface area contributed by atoms with Crippen LogP contribution < -0.4 is 5.32 Å². The zero-order chi connectivity index (χ0) is 12.3. The molecule has 1 N–H and O–H groups in total. The third-order valence-corrected chi connectivity index (χ3v) is 3.96. The Morgan fingerprint density at radius 3 is 3.00 bits per heavy atom. The lowest BCUT2D eigenvalue weighted by Gasteiger charge is -2.10. The molecular weight excluding hydrogens is 282 g/mol. The number of hydrogen-bond donors (Lipinski definition) is 1. The summed E-state index contributed by atoms with van der Waals surface area (Å²) in [4.78, 5) is 11.9. The molecule has 0 bridgehead atoms. The normalized spacial score (nSPS) is 15.4. The Balaban J connectivity index is 2.00. The second kappa shape index (κ2) is 5.65. The molecule has 1 aliphatic rings. The molecule has 1 atom stereocenters. The average Bonchev–Trinajstić information content (AvgIpc) is 2.82. The maximum Gasteiger partial charge on any atom is 0.251 e. The number of fused-ring (bicyclic) bond motifs is 1. The lowest BCUT2D eigenvalue weighted by molar-refractivity contribution is 0.0949. The van der Waals surface area contributed by atoms with Crippen LogP contribution >= 0.6 is 15.9 Å². The van der Waals surface area contributed by atoms with Crippen molar-refractivity contribution in [2.45, 2.75) is 20.1 Å². The van der Waals surface area contributed by atoms with Crippen LogP contribution in [0.5, 0.6) is 0 Å². The summed E-state index contributed by atoms with van der Waals surface area (Å²) in [5.74, 6) is 0.434. The van der Waals surface area contributed by atoms with E-state index in [1.807, 2.05) is 18.2 Å². The zero-order valence-electron chi connectivity index (χ0n) is 9.83. The van der Waals surface area contributed by atoms with Crippen LogP contribution in [0.15, 0.2) is 18.2 Å². The van der Waals surface area contributed by atoms with Crippen LogP contribution in [0.1, 0.15) is 28.4 Å². The van der Waals surface area contributed by atoms with Crippen molar-refractivity contribution in [2.24, 2.45) is 5.92 Å². The zero-order valence-corrected chi connectivity index (χ0v) is 11.4. The fourth-order valence-corrected chi connectivity index (χ4v) is 1.97. The molecule has 0 spiro atoms. The maximum atomic E-state index is 11.9. The van der Waals surface area contributed by atoms with Gasteiger partial charge in [0.2, 0.25) is 0 Å². The maximum absolute atomic E-state index is 11.9. The van der Waals surface area contributed by atoms with Crippen LogP contribution in [0.2, 0.25) is 0 Å². The summed E-state index contributed by atoms with van der Waals surface area (Å²) in [7, 11) is 0. The van der Waals surface area contributed by atoms with E-state index in [-0.39, 0.29) is 5.91 Å². The van der Waals surface area contributed by atoms with Gasteiger partial charge in [0.25, 0.3) is 5.91 Å². The summed E-state index contributed by atoms with van der Waals surface area (Å²) in [6, 6.07) is 5.77. The SMILES string of the molecule is CC(CBr)CNC(=O)c1ccc2c(c1)COC2. The molecule has 0 aromatic heterocycles. The molecular formula is C13H16BrNO2. The molecule has 3 nitrogen and oxygen atoms in total. The molecule has 0 saturated carbocycles. The van der Waals surface area contributed by atoms with Crippen molar-refractivity contribution in [3.63, 3.8) is 0 Å². The highest BCUT2D eigenvalue weighted by molar-refractivity contribution is 9.09. The first-order valence-corrected chi connectivity index (χ1v) is 6.86. The molecule has 17 heavy (non-hydrogen) atoms. The first kappa shape index (κ1) is 12.6. The van der Waals surface area contributed by atoms with Crippen LogP contribution in [0.25, 0.3) is 0 Å². The second-order valence-electron chi connectivity index (χ2n) is 4.45. The van der Waals surface area contributed by atoms with Gasteiger partial charge in [-0.2, -0.15) is 0 Å². The van der Waals surface area contributed by atoms with Crippen molar-refractivity contribution in [2.75, 3.05) is 11.9 Å². The van der Waals surface area contributed by atoms with Crippen LogP contribution in [0, 0.1) is 5.92 Å². The number of halogens is 1. The molecule has 4 heteroatoms. The summed E-state index contributed by atoms with van der Waals surface area (Å²) >= 11 is 3.39. The van der Waals surface area contributed by atoms with Crippen molar-refractivity contribution < 1.29 is 9.53 Å². The van der Waals surface area contributed by atoms with Gasteiger partial charge in [-0.05, 0) is 29.2 Å². The highest BCUT2D eigenvalue weighted by Crippen LogP contribution is 2.20. The lowest BCUT2D eigenvalue weighted by atomic mass is 10.1. The number of hydrogen-bond acceptors (Lipinski definition) is 2. The molecule has 1 aromatic carbocycles. The van der Waals surface area contributed by atoms with Crippen molar-refractivity contribution in [3.05, 3.63) is 34.9 Å². The number of ether oxygens (including phenoxy) is 1. The Kier molecular flexibility index (Phi) is 4.18. The van der Waals surface area contributed by atoms with E-state index in [1.165, 1.54) is 5.56 Å². The standard InChI is InChI=1S/C13H16BrNO2/c1-9(5-14)6-15-13(16)10-2-3-11-7-17-8-12(11)4-10/h2-4,9H,5-8H2,1H3,(H,15,16). The predicted molar refractivity (Wildman–Crippen MR) is 70.2 cm³/mol. The number of alkyl halides is 1. The van der Waals surface area contributed by atoms with Gasteiger partial charge in [0.1, 0.15) is 0 Å². The Labute approximate surface area is 110 Å². The Morgan fingerprint density at radius 1 is 1.47 bits per heavy atom. The topological polar surface area (TPSA) is 38.3 Å². The van der Waals surface area contributed by atoms with Crippen molar-refractivity contribution >= 4 is 21.8 Å². The van der Waals surface area contributed by atoms with E-state index in [0.717, 1.165) is 16.5 Å². The van der Waals surface area contributed by atoms with Gasteiger partial charge in [0.15, 0.2) is 0 Å². The molecule has 2 rings (SSSR count). The molecule has 1 aliphatic heterocycles. The number of carbonyl (C=O) groups is 1. The Morgan fingerprint density at radius 2 is 2.24 bits per heavy atom. The van der Waals surface area contributed by atoms with E-state index in [0.29, 0.717) is 25.7 Å². The molecule has 0 radical (unpaired) electrons. The molecule has 1 heterocycles. The minimum atomic E-state index is -0.00694. The third-order valence-electron chi connectivity index (χ3n) is 2.86. The van der Waals surface area contributed by atoms with Gasteiger partial charge in [-0.1, -0.05) is 28.9 Å². The Bertz CT molecular complexity index is 420. The predicted octanol–water partition coefficient (Wildman–Crippen LogP) is 2.48. The summed E-state index contributed by atoms with van der Waals surface area (Å²) in [6.07, 6.45) is 0. The number of amides is 1. The van der Waals surface area contributed by atoms with Gasteiger partial charge in [-0.25, -0.2) is 0 Å². The molecule has 0 saturated heterocycles. The largest absolute Gasteiger partial charge is 0.372 e. The second-order valence-corrected chi connectivity index (χ2v) is 5.09. The molecule has 1 amide bonds. The molecule has 92 valence electrons. The third kappa shape index (κ3) is 3.07. The van der Waals surface area contributed by atoms with Crippen LogP contribution in [-0.4, -0.2) is 17.8 Å². The first-order valence-electron chi connectivity index (χ1n) is 5.74. The number of carbonyl (C=O) groups excluding carboxylic acids is 1. The molecule has 1 unspecified atom stereocenters. The van der Waals surface area contributed by atoms with E-state index in [2.05, 4.69) is 28.2 Å². The first-order chi connectivity index (χ1) is 8.20. The number of benzene rings is 1. The molecule has 1 aromatic rings. The van der Waals surface area contributed by atoms with E-state index in [1.54, 1.807) is 0 Å². The summed E-state index contributed by atoms with van der Waals surface area (Å²) in [6.45, 7) is 4.06. The van der Waals surface area contributed by atoms with Gasteiger partial charge < -0.3 is 10.1 Å². The van der Waals surface area contributed by atoms with Crippen molar-refractivity contribution in [1.82, 2.24) is 5.32 Å². The van der Waals surface area contributed by atoms with Crippen LogP contribution in [0.3, 0.4) is 0 Å². The molecule has 0 aliphatic carbocycles. The quantitative estimate of drug-likeness (QED) is 0.867. The highest BCUT2D eigenvalue weighted by atomic mass is 79.9. The number of nitrogens with one attached hydrogen (secondary N) is 1. The van der Waals surface area contributed by atoms with E-state index in [4.69, 9.17) is 4.74 Å². The van der Waals surface area contributed by atoms with Gasteiger partial charge in [-0.15, -0.1) is 0 Å². The molecule has 0 fully saturated rings. The van der Waals surface area contributed by atoms with E-state index in [9.17, 15) is 4.79 Å². The average molecular weight is 298 g/mol. The number of rotatable bonds is 4. The summed E-state index contributed by atoms with van der Waals surface area (Å²) in [5.41, 5.74) is 3.04. The fourth-order valence-electron chi connectivity index (χ4n) is 1.74. The van der Waals surface area contributed by atoms with Crippen molar-refractivity contribution in [1.29, 1.82) is 0 Å². The highest BCUT2D eigenvalue weighted by Gasteiger charge is 2.14. The minimum absolute atomic E-state index is 0.00694. The summed E-state index contributed by atoms with van der Waals surface area (Å²) in [5, 5.41) is 3.83. The Hall–Kier alpha value is -0.870. The van der Waals surface area contributed by atoms with E-state index < -0.39 is 0 Å². The monoisotopic (exact) mass is 297 g/mol. The van der Waals surface area contributed by atoms with Crippen LogP contribution in [-0.2, 0) is 18.0 Å². The van der Waals surface area contributed by atoms with Gasteiger partial charge in [0.05, 0.1) is 13.2 Å². The lowest BCUT2D eigenvalue weighted by Crippen LogP contribution is -2.28. The fraction of sp³-hybridized carbons (Fsp3) is 0.462. The van der Waals surface area contributed by atoms with E-state index >= 15 is 0 Å². The summed E-state index contributed by atoms with van der Waals surface area (Å²) < 4.78 is 5.33. The van der Waals surface area contributed by atoms with Crippen molar-refractivity contribution in [3.8, 4) is 0 Å².